The molecule has 3 N–H and O–H groups in total. The Balaban J connectivity index is 1.90. The lowest BCUT2D eigenvalue weighted by Crippen LogP contribution is -2.48. The third-order valence-corrected chi connectivity index (χ3v) is 2.90. The molecule has 19 heavy (non-hydrogen) atoms. The summed E-state index contributed by atoms with van der Waals surface area (Å²) in [5.41, 5.74) is 0.673. The number of ether oxygens (including phenoxy) is 1. The molecule has 1 fully saturated rings. The Bertz CT molecular complexity index is 472. The Kier molecular flexibility index (Phi) is 4.35. The van der Waals surface area contributed by atoms with Gasteiger partial charge in [0.25, 0.3) is 5.91 Å². The first-order valence-corrected chi connectivity index (χ1v) is 6.14. The first-order valence-electron chi connectivity index (χ1n) is 6.14. The molecule has 0 saturated carbocycles. The third kappa shape index (κ3) is 3.69. The monoisotopic (exact) mass is 263 g/mol. The molecule has 0 bridgehead atoms. The molecule has 0 aliphatic carbocycles. The highest BCUT2D eigenvalue weighted by atomic mass is 16.5. The van der Waals surface area contributed by atoms with E-state index in [0.29, 0.717) is 11.4 Å². The van der Waals surface area contributed by atoms with Gasteiger partial charge in [-0.1, -0.05) is 6.07 Å². The summed E-state index contributed by atoms with van der Waals surface area (Å²) in [6.07, 6.45) is 0. The van der Waals surface area contributed by atoms with Gasteiger partial charge in [0, 0.05) is 31.9 Å². The van der Waals surface area contributed by atoms with Crippen LogP contribution in [0, 0.1) is 5.92 Å². The molecule has 2 rings (SSSR count). The van der Waals surface area contributed by atoms with Crippen molar-refractivity contribution in [2.75, 3.05) is 32.1 Å². The third-order valence-electron chi connectivity index (χ3n) is 2.90. The van der Waals surface area contributed by atoms with E-state index >= 15 is 0 Å². The zero-order chi connectivity index (χ0) is 13.7. The van der Waals surface area contributed by atoms with Crippen LogP contribution in [-0.4, -0.2) is 38.6 Å². The van der Waals surface area contributed by atoms with Gasteiger partial charge >= 0.3 is 0 Å². The molecule has 0 atom stereocenters. The second kappa shape index (κ2) is 6.19. The molecule has 1 aromatic carbocycles. The van der Waals surface area contributed by atoms with Crippen LogP contribution >= 0.6 is 0 Å². The number of carbonyl (C=O) groups excluding carboxylic acids is 2. The van der Waals surface area contributed by atoms with Gasteiger partial charge in [0.15, 0.2) is 6.61 Å². The molecule has 1 saturated heterocycles. The van der Waals surface area contributed by atoms with Crippen molar-refractivity contribution in [1.29, 1.82) is 0 Å². The molecule has 0 aromatic heterocycles. The Labute approximate surface area is 111 Å². The number of benzene rings is 1. The van der Waals surface area contributed by atoms with Crippen LogP contribution in [-0.2, 0) is 9.59 Å². The van der Waals surface area contributed by atoms with Gasteiger partial charge in [-0.2, -0.15) is 0 Å². The van der Waals surface area contributed by atoms with Crippen LogP contribution < -0.4 is 20.7 Å². The number of anilines is 1. The van der Waals surface area contributed by atoms with Crippen LogP contribution in [0.3, 0.4) is 0 Å². The summed E-state index contributed by atoms with van der Waals surface area (Å²) in [5.74, 6) is 0.390. The minimum absolute atomic E-state index is 0.00204. The highest BCUT2D eigenvalue weighted by Gasteiger charge is 2.24. The zero-order valence-electron chi connectivity index (χ0n) is 10.7. The number of hydrogen-bond acceptors (Lipinski definition) is 4. The maximum Gasteiger partial charge on any atom is 0.257 e. The lowest BCUT2D eigenvalue weighted by molar-refractivity contribution is -0.123. The predicted molar refractivity (Wildman–Crippen MR) is 71.0 cm³/mol. The van der Waals surface area contributed by atoms with Crippen LogP contribution in [0.15, 0.2) is 24.3 Å². The molecule has 6 heteroatoms. The smallest absolute Gasteiger partial charge is 0.257 e. The average molecular weight is 263 g/mol. The van der Waals surface area contributed by atoms with Gasteiger partial charge in [0.2, 0.25) is 5.91 Å². The van der Waals surface area contributed by atoms with E-state index in [4.69, 9.17) is 4.74 Å². The van der Waals surface area contributed by atoms with E-state index < -0.39 is 0 Å². The van der Waals surface area contributed by atoms with Gasteiger partial charge in [-0.15, -0.1) is 0 Å². The van der Waals surface area contributed by atoms with Gasteiger partial charge < -0.3 is 20.7 Å². The summed E-state index contributed by atoms with van der Waals surface area (Å²) in [6.45, 7) is 1.40. The second-order valence-corrected chi connectivity index (χ2v) is 4.33. The SMILES string of the molecule is CNC(=O)COc1cccc(NC(=O)C2CNC2)c1. The molecule has 2 amide bonds. The molecule has 0 radical (unpaired) electrons. The van der Waals surface area contributed by atoms with Crippen LogP contribution in [0.5, 0.6) is 5.75 Å². The molecule has 0 spiro atoms. The quantitative estimate of drug-likeness (QED) is 0.697. The van der Waals surface area contributed by atoms with E-state index in [1.54, 1.807) is 31.3 Å². The molecule has 1 aliphatic heterocycles. The Hall–Kier alpha value is -2.08. The predicted octanol–water partition coefficient (Wildman–Crippen LogP) is -0.0307. The van der Waals surface area contributed by atoms with E-state index in [1.165, 1.54) is 0 Å². The first-order chi connectivity index (χ1) is 9.19. The summed E-state index contributed by atoms with van der Waals surface area (Å²) in [5, 5.41) is 8.35. The first kappa shape index (κ1) is 13.4. The number of rotatable bonds is 5. The van der Waals surface area contributed by atoms with Gasteiger partial charge in [0.1, 0.15) is 5.75 Å². The van der Waals surface area contributed by atoms with Crippen molar-refractivity contribution in [3.8, 4) is 5.75 Å². The normalized spacial score (nSPS) is 14.4. The maximum absolute atomic E-state index is 11.8. The lowest BCUT2D eigenvalue weighted by Gasteiger charge is -2.25. The van der Waals surface area contributed by atoms with E-state index in [-0.39, 0.29) is 24.3 Å². The number of nitrogens with one attached hydrogen (secondary N) is 3. The van der Waals surface area contributed by atoms with Crippen molar-refractivity contribution < 1.29 is 14.3 Å². The highest BCUT2D eigenvalue weighted by Crippen LogP contribution is 2.18. The molecule has 1 aromatic rings. The van der Waals surface area contributed by atoms with E-state index in [2.05, 4.69) is 16.0 Å². The van der Waals surface area contributed by atoms with Crippen molar-refractivity contribution in [2.24, 2.45) is 5.92 Å². The maximum atomic E-state index is 11.8. The Morgan fingerprint density at radius 3 is 2.84 bits per heavy atom. The summed E-state index contributed by atoms with van der Waals surface area (Å²) >= 11 is 0. The largest absolute Gasteiger partial charge is 0.484 e. The van der Waals surface area contributed by atoms with E-state index in [1.807, 2.05) is 0 Å². The lowest BCUT2D eigenvalue weighted by atomic mass is 10.0. The summed E-state index contributed by atoms with van der Waals surface area (Å²) in [6, 6.07) is 7.00. The minimum Gasteiger partial charge on any atom is -0.484 e. The van der Waals surface area contributed by atoms with E-state index in [0.717, 1.165) is 13.1 Å². The number of amides is 2. The van der Waals surface area contributed by atoms with Crippen molar-refractivity contribution >= 4 is 17.5 Å². The van der Waals surface area contributed by atoms with Crippen LogP contribution in [0.25, 0.3) is 0 Å². The van der Waals surface area contributed by atoms with Crippen molar-refractivity contribution in [2.45, 2.75) is 0 Å². The fourth-order valence-electron chi connectivity index (χ4n) is 1.60. The van der Waals surface area contributed by atoms with E-state index in [9.17, 15) is 9.59 Å². The number of hydrogen-bond donors (Lipinski definition) is 3. The molecule has 0 unspecified atom stereocenters. The van der Waals surface area contributed by atoms with Gasteiger partial charge in [-0.3, -0.25) is 9.59 Å². The van der Waals surface area contributed by atoms with Crippen molar-refractivity contribution in [3.05, 3.63) is 24.3 Å². The second-order valence-electron chi connectivity index (χ2n) is 4.33. The average Bonchev–Trinajstić information content (AvgIpc) is 2.34. The van der Waals surface area contributed by atoms with Crippen molar-refractivity contribution in [1.82, 2.24) is 10.6 Å². The minimum atomic E-state index is -0.199. The standard InChI is InChI=1S/C13H17N3O3/c1-14-12(17)8-19-11-4-2-3-10(5-11)16-13(18)9-6-15-7-9/h2-5,9,15H,6-8H2,1H3,(H,14,17)(H,16,18). The summed E-state index contributed by atoms with van der Waals surface area (Å²) in [7, 11) is 1.55. The number of likely N-dealkylation sites (N-methyl/N-ethyl adjacent to an activating group) is 1. The van der Waals surface area contributed by atoms with Crippen LogP contribution in [0.1, 0.15) is 0 Å². The van der Waals surface area contributed by atoms with Crippen molar-refractivity contribution in [3.63, 3.8) is 0 Å². The molecular weight excluding hydrogens is 246 g/mol. The molecule has 1 aliphatic rings. The zero-order valence-corrected chi connectivity index (χ0v) is 10.7. The topological polar surface area (TPSA) is 79.5 Å². The summed E-state index contributed by atoms with van der Waals surface area (Å²) < 4.78 is 5.31. The Morgan fingerprint density at radius 2 is 2.21 bits per heavy atom. The fraction of sp³-hybridized carbons (Fsp3) is 0.385. The Morgan fingerprint density at radius 1 is 1.42 bits per heavy atom. The molecule has 6 nitrogen and oxygen atoms in total. The molecule has 1 heterocycles. The van der Waals surface area contributed by atoms with Crippen LogP contribution in [0.4, 0.5) is 5.69 Å². The summed E-state index contributed by atoms with van der Waals surface area (Å²) in [4.78, 5) is 22.8. The highest BCUT2D eigenvalue weighted by molar-refractivity contribution is 5.93. The fourth-order valence-corrected chi connectivity index (χ4v) is 1.60. The van der Waals surface area contributed by atoms with Crippen LogP contribution in [0.2, 0.25) is 0 Å². The van der Waals surface area contributed by atoms with Gasteiger partial charge in [-0.05, 0) is 12.1 Å². The van der Waals surface area contributed by atoms with Gasteiger partial charge in [0.05, 0.1) is 5.92 Å². The number of carbonyl (C=O) groups is 2. The molecular formula is C13H17N3O3. The van der Waals surface area contributed by atoms with Gasteiger partial charge in [-0.25, -0.2) is 0 Å². The molecule has 102 valence electrons.